The summed E-state index contributed by atoms with van der Waals surface area (Å²) in [4.78, 5) is 13.5. The third-order valence-electron chi connectivity index (χ3n) is 3.19. The molecule has 0 spiro atoms. The molecule has 2 rings (SSSR count). The highest BCUT2D eigenvalue weighted by Crippen LogP contribution is 2.21. The third-order valence-corrected chi connectivity index (χ3v) is 3.44. The maximum Gasteiger partial charge on any atom is 0.134 e. The first-order chi connectivity index (χ1) is 7.65. The van der Waals surface area contributed by atoms with E-state index in [4.69, 9.17) is 11.6 Å². The van der Waals surface area contributed by atoms with E-state index in [1.807, 2.05) is 24.3 Å². The van der Waals surface area contributed by atoms with Crippen LogP contribution in [0.5, 0.6) is 0 Å². The number of ketones is 1. The predicted octanol–water partition coefficient (Wildman–Crippen LogP) is 2.89. The Morgan fingerprint density at radius 2 is 2.06 bits per heavy atom. The largest absolute Gasteiger partial charge is 0.300 e. The quantitative estimate of drug-likeness (QED) is 0.806. The summed E-state index contributed by atoms with van der Waals surface area (Å²) in [5, 5.41) is 0.766. The van der Waals surface area contributed by atoms with Gasteiger partial charge in [0.05, 0.1) is 0 Å². The number of halogens is 1. The van der Waals surface area contributed by atoms with Gasteiger partial charge < -0.3 is 0 Å². The highest BCUT2D eigenvalue weighted by atomic mass is 35.5. The van der Waals surface area contributed by atoms with E-state index in [1.165, 1.54) is 5.56 Å². The molecule has 3 heteroatoms. The summed E-state index contributed by atoms with van der Waals surface area (Å²) in [5.41, 5.74) is 1.24. The lowest BCUT2D eigenvalue weighted by atomic mass is 10.1. The van der Waals surface area contributed by atoms with Crippen LogP contribution in [0.3, 0.4) is 0 Å². The van der Waals surface area contributed by atoms with Crippen LogP contribution in [0.4, 0.5) is 0 Å². The molecule has 1 saturated carbocycles. The van der Waals surface area contributed by atoms with Gasteiger partial charge in [-0.25, -0.2) is 0 Å². The molecular weight excluding hydrogens is 222 g/mol. The molecule has 86 valence electrons. The molecular formula is C13H16ClNO. The smallest absolute Gasteiger partial charge is 0.134 e. The topological polar surface area (TPSA) is 20.3 Å². The predicted molar refractivity (Wildman–Crippen MR) is 65.6 cm³/mol. The average molecular weight is 238 g/mol. The molecule has 0 saturated heterocycles. The molecule has 0 N–H and O–H groups in total. The third kappa shape index (κ3) is 2.83. The lowest BCUT2D eigenvalue weighted by Gasteiger charge is -2.23. The second kappa shape index (κ2) is 4.98. The van der Waals surface area contributed by atoms with E-state index < -0.39 is 0 Å². The molecule has 0 heterocycles. The molecule has 1 aromatic rings. The molecule has 0 radical (unpaired) electrons. The minimum absolute atomic E-state index is 0.396. The molecule has 1 atom stereocenters. The lowest BCUT2D eigenvalue weighted by molar-refractivity contribution is -0.117. The standard InChI is InChI=1S/C13H16ClNO/c1-15(12-6-7-13(16)8-12)9-10-2-4-11(14)5-3-10/h2-5,12H,6-9H2,1H3. The van der Waals surface area contributed by atoms with Crippen LogP contribution in [-0.2, 0) is 11.3 Å². The van der Waals surface area contributed by atoms with Crippen molar-refractivity contribution >= 4 is 17.4 Å². The van der Waals surface area contributed by atoms with Crippen LogP contribution in [0, 0.1) is 0 Å². The van der Waals surface area contributed by atoms with Gasteiger partial charge in [0.2, 0.25) is 0 Å². The van der Waals surface area contributed by atoms with Crippen molar-refractivity contribution in [1.82, 2.24) is 4.90 Å². The molecule has 1 unspecified atom stereocenters. The summed E-state index contributed by atoms with van der Waals surface area (Å²) in [6, 6.07) is 8.31. The summed E-state index contributed by atoms with van der Waals surface area (Å²) < 4.78 is 0. The van der Waals surface area contributed by atoms with Gasteiger partial charge in [-0.2, -0.15) is 0 Å². The van der Waals surface area contributed by atoms with E-state index in [9.17, 15) is 4.79 Å². The first-order valence-corrected chi connectivity index (χ1v) is 5.99. The van der Waals surface area contributed by atoms with Crippen LogP contribution in [0.2, 0.25) is 5.02 Å². The number of hydrogen-bond acceptors (Lipinski definition) is 2. The van der Waals surface area contributed by atoms with Crippen LogP contribution in [-0.4, -0.2) is 23.8 Å². The van der Waals surface area contributed by atoms with Gasteiger partial charge in [-0.05, 0) is 31.2 Å². The number of Topliss-reactive ketones (excluding diaryl/α,β-unsaturated/α-hetero) is 1. The first kappa shape index (κ1) is 11.6. The normalized spacial score (nSPS) is 20.7. The van der Waals surface area contributed by atoms with Crippen molar-refractivity contribution in [3.63, 3.8) is 0 Å². The Kier molecular flexibility index (Phi) is 3.62. The van der Waals surface area contributed by atoms with Crippen LogP contribution >= 0.6 is 11.6 Å². The van der Waals surface area contributed by atoms with E-state index in [1.54, 1.807) is 0 Å². The summed E-state index contributed by atoms with van der Waals surface area (Å²) in [6.45, 7) is 0.884. The molecule has 0 aliphatic heterocycles. The SMILES string of the molecule is CN(Cc1ccc(Cl)cc1)C1CCC(=O)C1. The fraction of sp³-hybridized carbons (Fsp3) is 0.462. The molecule has 1 aliphatic carbocycles. The Morgan fingerprint density at radius 1 is 1.38 bits per heavy atom. The van der Waals surface area contributed by atoms with Crippen LogP contribution in [0.1, 0.15) is 24.8 Å². The average Bonchev–Trinajstić information content (AvgIpc) is 2.68. The van der Waals surface area contributed by atoms with Gasteiger partial charge in [-0.1, -0.05) is 23.7 Å². The fourth-order valence-electron chi connectivity index (χ4n) is 2.18. The highest BCUT2D eigenvalue weighted by Gasteiger charge is 2.25. The summed E-state index contributed by atoms with van der Waals surface area (Å²) in [5.74, 6) is 0.396. The Bertz CT molecular complexity index is 374. The van der Waals surface area contributed by atoms with E-state index in [-0.39, 0.29) is 0 Å². The number of carbonyl (C=O) groups is 1. The summed E-state index contributed by atoms with van der Waals surface area (Å²) >= 11 is 5.84. The number of hydrogen-bond donors (Lipinski definition) is 0. The van der Waals surface area contributed by atoms with Crippen molar-refractivity contribution in [1.29, 1.82) is 0 Å². The first-order valence-electron chi connectivity index (χ1n) is 5.61. The van der Waals surface area contributed by atoms with Gasteiger partial charge in [0, 0.05) is 30.5 Å². The molecule has 1 fully saturated rings. The van der Waals surface area contributed by atoms with Crippen molar-refractivity contribution in [2.45, 2.75) is 31.8 Å². The van der Waals surface area contributed by atoms with E-state index in [0.717, 1.165) is 24.4 Å². The van der Waals surface area contributed by atoms with Crippen molar-refractivity contribution in [2.75, 3.05) is 7.05 Å². The number of nitrogens with zero attached hydrogens (tertiary/aromatic N) is 1. The minimum Gasteiger partial charge on any atom is -0.300 e. The zero-order valence-electron chi connectivity index (χ0n) is 9.45. The van der Waals surface area contributed by atoms with Crippen molar-refractivity contribution < 1.29 is 4.79 Å². The molecule has 1 aliphatic rings. The lowest BCUT2D eigenvalue weighted by Crippen LogP contribution is -2.28. The highest BCUT2D eigenvalue weighted by molar-refractivity contribution is 6.30. The maximum atomic E-state index is 11.2. The number of carbonyl (C=O) groups excluding carboxylic acids is 1. The molecule has 0 aromatic heterocycles. The Labute approximate surface area is 101 Å². The molecule has 0 amide bonds. The number of rotatable bonds is 3. The minimum atomic E-state index is 0.396. The van der Waals surface area contributed by atoms with Crippen LogP contribution in [0.25, 0.3) is 0 Å². The van der Waals surface area contributed by atoms with Crippen LogP contribution < -0.4 is 0 Å². The van der Waals surface area contributed by atoms with Gasteiger partial charge in [0.15, 0.2) is 0 Å². The van der Waals surface area contributed by atoms with Crippen molar-refractivity contribution in [3.8, 4) is 0 Å². The zero-order chi connectivity index (χ0) is 11.5. The Morgan fingerprint density at radius 3 is 2.62 bits per heavy atom. The molecule has 2 nitrogen and oxygen atoms in total. The van der Waals surface area contributed by atoms with Gasteiger partial charge in [0.1, 0.15) is 5.78 Å². The summed E-state index contributed by atoms with van der Waals surface area (Å²) in [7, 11) is 2.08. The summed E-state index contributed by atoms with van der Waals surface area (Å²) in [6.07, 6.45) is 2.46. The van der Waals surface area contributed by atoms with Gasteiger partial charge >= 0.3 is 0 Å². The monoisotopic (exact) mass is 237 g/mol. The zero-order valence-corrected chi connectivity index (χ0v) is 10.2. The molecule has 0 bridgehead atoms. The second-order valence-corrected chi connectivity index (χ2v) is 4.91. The van der Waals surface area contributed by atoms with Crippen molar-refractivity contribution in [3.05, 3.63) is 34.9 Å². The Balaban J connectivity index is 1.94. The Hall–Kier alpha value is -0.860. The van der Waals surface area contributed by atoms with E-state index >= 15 is 0 Å². The van der Waals surface area contributed by atoms with E-state index in [0.29, 0.717) is 18.2 Å². The molecule has 16 heavy (non-hydrogen) atoms. The van der Waals surface area contributed by atoms with Crippen molar-refractivity contribution in [2.24, 2.45) is 0 Å². The maximum absolute atomic E-state index is 11.2. The van der Waals surface area contributed by atoms with Gasteiger partial charge in [-0.3, -0.25) is 9.69 Å². The van der Waals surface area contributed by atoms with Gasteiger partial charge in [0.25, 0.3) is 0 Å². The molecule has 1 aromatic carbocycles. The second-order valence-electron chi connectivity index (χ2n) is 4.48. The fourth-order valence-corrected chi connectivity index (χ4v) is 2.30. The van der Waals surface area contributed by atoms with Gasteiger partial charge in [-0.15, -0.1) is 0 Å². The van der Waals surface area contributed by atoms with Crippen LogP contribution in [0.15, 0.2) is 24.3 Å². The van der Waals surface area contributed by atoms with E-state index in [2.05, 4.69) is 11.9 Å². The number of benzene rings is 1.